The van der Waals surface area contributed by atoms with Gasteiger partial charge in [-0.15, -0.1) is 0 Å². The van der Waals surface area contributed by atoms with Gasteiger partial charge in [0.25, 0.3) is 0 Å². The molecule has 0 spiro atoms. The zero-order chi connectivity index (χ0) is 16.4. The van der Waals surface area contributed by atoms with E-state index in [1.54, 1.807) is 7.11 Å². The number of fused-ring (bicyclic) bond motifs is 3. The van der Waals surface area contributed by atoms with Crippen molar-refractivity contribution in [3.63, 3.8) is 0 Å². The standard InChI is InChI=1S/C19H27NO3/c1-13-15-11-16(23-2)19(22)18(20(12-15)9-6-10-21)17(13)14-7-4-3-5-8-14/h3-5,7-8,11,13,15,17-19,21-22H,6,9-10,12H2,1-2H3/t13-,15+,17-,18-,19-/m0/s1. The predicted molar refractivity (Wildman–Crippen MR) is 90.0 cm³/mol. The van der Waals surface area contributed by atoms with E-state index < -0.39 is 6.10 Å². The lowest BCUT2D eigenvalue weighted by molar-refractivity contribution is -0.0109. The Hall–Kier alpha value is -1.36. The van der Waals surface area contributed by atoms with Crippen molar-refractivity contribution in [3.05, 3.63) is 47.7 Å². The number of piperidine rings is 1. The maximum Gasteiger partial charge on any atom is 0.127 e. The Bertz CT molecular complexity index is 545. The first kappa shape index (κ1) is 16.5. The number of ether oxygens (including phenoxy) is 1. The molecular weight excluding hydrogens is 290 g/mol. The van der Waals surface area contributed by atoms with Gasteiger partial charge in [-0.3, -0.25) is 4.90 Å². The first-order chi connectivity index (χ1) is 11.2. The summed E-state index contributed by atoms with van der Waals surface area (Å²) in [6, 6.07) is 10.5. The summed E-state index contributed by atoms with van der Waals surface area (Å²) in [4.78, 5) is 2.34. The Labute approximate surface area is 138 Å². The summed E-state index contributed by atoms with van der Waals surface area (Å²) in [7, 11) is 1.64. The van der Waals surface area contributed by atoms with Crippen molar-refractivity contribution >= 4 is 0 Å². The Balaban J connectivity index is 1.99. The van der Waals surface area contributed by atoms with Crippen molar-refractivity contribution in [1.82, 2.24) is 4.90 Å². The SMILES string of the molecule is COC1=C[C@@H]2CN(CCCO)[C@@H]([C@H](c3ccccc3)[C@H]2C)[C@H]1O. The molecular formula is C19H27NO3. The Kier molecular flexibility index (Phi) is 5.05. The molecule has 1 aliphatic carbocycles. The normalized spacial score (nSPS) is 34.1. The lowest BCUT2D eigenvalue weighted by Crippen LogP contribution is -2.54. The second-order valence-electron chi connectivity index (χ2n) is 6.74. The molecule has 0 aromatic heterocycles. The highest BCUT2D eigenvalue weighted by Gasteiger charge is 2.48. The van der Waals surface area contributed by atoms with Crippen molar-refractivity contribution in [3.8, 4) is 0 Å². The number of hydrogen-bond donors (Lipinski definition) is 2. The summed E-state index contributed by atoms with van der Waals surface area (Å²) in [5.41, 5.74) is 1.27. The molecule has 126 valence electrons. The minimum absolute atomic E-state index is 0.0103. The average molecular weight is 317 g/mol. The molecule has 23 heavy (non-hydrogen) atoms. The minimum Gasteiger partial charge on any atom is -0.499 e. The van der Waals surface area contributed by atoms with Crippen molar-refractivity contribution < 1.29 is 14.9 Å². The van der Waals surface area contributed by atoms with Gasteiger partial charge >= 0.3 is 0 Å². The zero-order valence-corrected chi connectivity index (χ0v) is 13.9. The maximum absolute atomic E-state index is 11.0. The van der Waals surface area contributed by atoms with E-state index in [0.29, 0.717) is 17.6 Å². The lowest BCUT2D eigenvalue weighted by Gasteiger charge is -2.47. The third-order valence-electron chi connectivity index (χ3n) is 5.49. The highest BCUT2D eigenvalue weighted by Crippen LogP contribution is 2.46. The molecule has 4 heteroatoms. The maximum atomic E-state index is 11.0. The third kappa shape index (κ3) is 3.03. The molecule has 0 unspecified atom stereocenters. The van der Waals surface area contributed by atoms with Crippen LogP contribution in [0.3, 0.4) is 0 Å². The van der Waals surface area contributed by atoms with E-state index in [2.05, 4.69) is 42.2 Å². The van der Waals surface area contributed by atoms with Crippen LogP contribution in [0.25, 0.3) is 0 Å². The second kappa shape index (κ2) is 7.04. The molecule has 3 aliphatic rings. The number of methoxy groups -OCH3 is 1. The van der Waals surface area contributed by atoms with Gasteiger partial charge in [-0.05, 0) is 29.9 Å². The van der Waals surface area contributed by atoms with Gasteiger partial charge in [0.2, 0.25) is 0 Å². The van der Waals surface area contributed by atoms with E-state index in [0.717, 1.165) is 19.5 Å². The van der Waals surface area contributed by atoms with E-state index in [1.807, 2.05) is 6.07 Å². The number of benzene rings is 1. The summed E-state index contributed by atoms with van der Waals surface area (Å²) in [5, 5.41) is 20.2. The molecule has 0 saturated carbocycles. The van der Waals surface area contributed by atoms with E-state index >= 15 is 0 Å². The van der Waals surface area contributed by atoms with Crippen LogP contribution in [0.5, 0.6) is 0 Å². The van der Waals surface area contributed by atoms with Gasteiger partial charge in [-0.2, -0.15) is 0 Å². The molecule has 4 rings (SSSR count). The number of rotatable bonds is 5. The van der Waals surface area contributed by atoms with Crippen LogP contribution in [0.4, 0.5) is 0 Å². The first-order valence-corrected chi connectivity index (χ1v) is 8.51. The molecule has 0 amide bonds. The summed E-state index contributed by atoms with van der Waals surface area (Å²) < 4.78 is 5.48. The van der Waals surface area contributed by atoms with E-state index in [4.69, 9.17) is 4.74 Å². The van der Waals surface area contributed by atoms with E-state index in [1.165, 1.54) is 5.56 Å². The fourth-order valence-corrected chi connectivity index (χ4v) is 4.32. The van der Waals surface area contributed by atoms with Crippen LogP contribution < -0.4 is 0 Å². The molecule has 0 radical (unpaired) electrons. The van der Waals surface area contributed by atoms with Crippen LogP contribution in [-0.2, 0) is 4.74 Å². The number of aliphatic hydroxyl groups is 2. The summed E-state index contributed by atoms with van der Waals surface area (Å²) in [6.07, 6.45) is 2.22. The smallest absolute Gasteiger partial charge is 0.127 e. The second-order valence-corrected chi connectivity index (χ2v) is 6.74. The van der Waals surface area contributed by atoms with Crippen molar-refractivity contribution in [2.45, 2.75) is 31.4 Å². The summed E-state index contributed by atoms with van der Waals surface area (Å²) in [5.74, 6) is 1.74. The largest absolute Gasteiger partial charge is 0.499 e. The minimum atomic E-state index is -0.626. The Morgan fingerprint density at radius 2 is 2.00 bits per heavy atom. The monoisotopic (exact) mass is 317 g/mol. The lowest BCUT2D eigenvalue weighted by atomic mass is 9.71. The van der Waals surface area contributed by atoms with E-state index in [9.17, 15) is 10.2 Å². The molecule has 1 aromatic rings. The Morgan fingerprint density at radius 3 is 2.65 bits per heavy atom. The number of aliphatic hydroxyl groups excluding tert-OH is 2. The van der Waals surface area contributed by atoms with Crippen molar-refractivity contribution in [2.24, 2.45) is 11.8 Å². The molecule has 2 heterocycles. The predicted octanol–water partition coefficient (Wildman–Crippen LogP) is 1.99. The van der Waals surface area contributed by atoms with Gasteiger partial charge in [0.15, 0.2) is 0 Å². The molecule has 1 fully saturated rings. The molecule has 4 nitrogen and oxygen atoms in total. The third-order valence-corrected chi connectivity index (χ3v) is 5.49. The van der Waals surface area contributed by atoms with Gasteiger partial charge in [-0.25, -0.2) is 0 Å². The van der Waals surface area contributed by atoms with Gasteiger partial charge in [0, 0.05) is 31.7 Å². The van der Waals surface area contributed by atoms with Gasteiger partial charge in [0.05, 0.1) is 7.11 Å². The zero-order valence-electron chi connectivity index (χ0n) is 13.9. The fraction of sp³-hybridized carbons (Fsp3) is 0.579. The van der Waals surface area contributed by atoms with Gasteiger partial charge in [-0.1, -0.05) is 37.3 Å². The number of hydrogen-bond acceptors (Lipinski definition) is 4. The highest BCUT2D eigenvalue weighted by atomic mass is 16.5. The van der Waals surface area contributed by atoms with Crippen LogP contribution in [0.15, 0.2) is 42.2 Å². The van der Waals surface area contributed by atoms with Crippen LogP contribution in [0.1, 0.15) is 24.8 Å². The first-order valence-electron chi connectivity index (χ1n) is 8.51. The van der Waals surface area contributed by atoms with Gasteiger partial charge < -0.3 is 14.9 Å². The average Bonchev–Trinajstić information content (AvgIpc) is 2.78. The van der Waals surface area contributed by atoms with Crippen LogP contribution in [0.2, 0.25) is 0 Å². The van der Waals surface area contributed by atoms with Crippen LogP contribution >= 0.6 is 0 Å². The summed E-state index contributed by atoms with van der Waals surface area (Å²) in [6.45, 7) is 4.18. The molecule has 1 saturated heterocycles. The van der Waals surface area contributed by atoms with Crippen LogP contribution in [0, 0.1) is 11.8 Å². The van der Waals surface area contributed by atoms with Crippen molar-refractivity contribution in [1.29, 1.82) is 0 Å². The van der Waals surface area contributed by atoms with E-state index in [-0.39, 0.29) is 18.6 Å². The Morgan fingerprint density at radius 1 is 1.26 bits per heavy atom. The van der Waals surface area contributed by atoms with Crippen molar-refractivity contribution in [2.75, 3.05) is 26.8 Å². The fourth-order valence-electron chi connectivity index (χ4n) is 4.32. The molecule has 2 N–H and O–H groups in total. The molecule has 1 aromatic carbocycles. The molecule has 2 bridgehead atoms. The topological polar surface area (TPSA) is 52.9 Å². The van der Waals surface area contributed by atoms with Crippen LogP contribution in [-0.4, -0.2) is 54.1 Å². The summed E-state index contributed by atoms with van der Waals surface area (Å²) >= 11 is 0. The quantitative estimate of drug-likeness (QED) is 0.872. The number of nitrogens with zero attached hydrogens (tertiary/aromatic N) is 1. The van der Waals surface area contributed by atoms with Gasteiger partial charge in [0.1, 0.15) is 11.9 Å². The molecule has 2 aliphatic heterocycles. The highest BCUT2D eigenvalue weighted by molar-refractivity contribution is 5.29. The molecule has 5 atom stereocenters.